The van der Waals surface area contributed by atoms with Gasteiger partial charge in [-0.2, -0.15) is 0 Å². The van der Waals surface area contributed by atoms with Crippen molar-refractivity contribution in [2.45, 2.75) is 89.1 Å². The maximum Gasteiger partial charge on any atom is 0.330 e. The second-order valence-electron chi connectivity index (χ2n) is 15.2. The van der Waals surface area contributed by atoms with Gasteiger partial charge in [-0.1, -0.05) is 88.3 Å². The van der Waals surface area contributed by atoms with Gasteiger partial charge in [0.2, 0.25) is 0 Å². The number of rotatable bonds is 19. The molecule has 12 nitrogen and oxygen atoms in total. The van der Waals surface area contributed by atoms with Gasteiger partial charge in [0, 0.05) is 35.9 Å². The average molecular weight is 884 g/mol. The highest BCUT2D eigenvalue weighted by atomic mass is 33.1. The Morgan fingerprint density at radius 3 is 1.98 bits per heavy atom. The molecule has 7 atom stereocenters. The number of hydrogen-bond donors (Lipinski definition) is 1. The third-order valence-electron chi connectivity index (χ3n) is 10.2. The van der Waals surface area contributed by atoms with Crippen molar-refractivity contribution in [1.29, 1.82) is 0 Å². The van der Waals surface area contributed by atoms with E-state index in [1.807, 2.05) is 113 Å². The van der Waals surface area contributed by atoms with E-state index < -0.39 is 50.0 Å². The fourth-order valence-corrected chi connectivity index (χ4v) is 11.8. The molecule has 2 aliphatic rings. The van der Waals surface area contributed by atoms with E-state index in [-0.39, 0.29) is 30.9 Å². The molecule has 3 heterocycles. The Labute approximate surface area is 360 Å². The van der Waals surface area contributed by atoms with Crippen molar-refractivity contribution in [1.82, 2.24) is 14.2 Å². The van der Waals surface area contributed by atoms with Gasteiger partial charge in [-0.25, -0.2) is 13.9 Å². The minimum atomic E-state index is -1.97. The molecule has 2 aliphatic heterocycles. The number of benzene rings is 3. The molecule has 0 spiro atoms. The normalized spacial score (nSPS) is 22.6. The first-order chi connectivity index (χ1) is 28.9. The summed E-state index contributed by atoms with van der Waals surface area (Å²) >= 11 is 0. The number of ether oxygens (including phenoxy) is 5. The number of nitrogens with zero attached hydrogens (tertiary/aromatic N) is 2. The van der Waals surface area contributed by atoms with Crippen molar-refractivity contribution < 1.29 is 37.1 Å². The monoisotopic (exact) mass is 883 g/mol. The Morgan fingerprint density at radius 2 is 1.45 bits per heavy atom. The van der Waals surface area contributed by atoms with Crippen LogP contribution in [0.3, 0.4) is 0 Å². The average Bonchev–Trinajstić information content (AvgIpc) is 3.54. The first-order valence-corrected chi connectivity index (χ1v) is 23.5. The van der Waals surface area contributed by atoms with Gasteiger partial charge in [-0.3, -0.25) is 14.3 Å². The topological polar surface area (TPSA) is 123 Å². The number of alkyl halides is 1. The summed E-state index contributed by atoms with van der Waals surface area (Å²) in [6, 6.07) is 26.0. The first kappa shape index (κ1) is 46.0. The molecule has 324 valence electrons. The van der Waals surface area contributed by atoms with Gasteiger partial charge in [-0.15, -0.1) is 0 Å². The third kappa shape index (κ3) is 10.6. The quantitative estimate of drug-likeness (QED) is 0.0422. The van der Waals surface area contributed by atoms with Gasteiger partial charge >= 0.3 is 5.69 Å². The van der Waals surface area contributed by atoms with E-state index in [1.165, 1.54) is 6.20 Å². The Kier molecular flexibility index (Phi) is 16.1. The number of aromatic nitrogens is 2. The van der Waals surface area contributed by atoms with Crippen LogP contribution in [-0.4, -0.2) is 95.8 Å². The molecular formula is C44H55FN3O9PS2. The lowest BCUT2D eigenvalue weighted by molar-refractivity contribution is -0.0942. The van der Waals surface area contributed by atoms with Crippen LogP contribution >= 0.6 is 30.1 Å². The first-order valence-electron chi connectivity index (χ1n) is 19.9. The minimum Gasteiger partial charge on any atom is -0.497 e. The van der Waals surface area contributed by atoms with E-state index in [9.17, 15) is 9.59 Å². The molecule has 0 saturated carbocycles. The Morgan fingerprint density at radius 1 is 0.883 bits per heavy atom. The van der Waals surface area contributed by atoms with Crippen molar-refractivity contribution in [3.8, 4) is 11.5 Å². The molecule has 60 heavy (non-hydrogen) atoms. The fraction of sp³-hybridized carbons (Fsp3) is 0.455. The molecular weight excluding hydrogens is 829 g/mol. The van der Waals surface area contributed by atoms with Gasteiger partial charge < -0.3 is 32.7 Å². The van der Waals surface area contributed by atoms with E-state index in [4.69, 9.17) is 32.7 Å². The molecule has 3 aromatic carbocycles. The highest BCUT2D eigenvalue weighted by molar-refractivity contribution is 8.76. The molecule has 6 rings (SSSR count). The fourth-order valence-electron chi connectivity index (χ4n) is 7.36. The summed E-state index contributed by atoms with van der Waals surface area (Å²) in [6.07, 6.45) is -5.11. The van der Waals surface area contributed by atoms with Crippen molar-refractivity contribution >= 4 is 30.1 Å². The minimum absolute atomic E-state index is 0.0555. The van der Waals surface area contributed by atoms with E-state index in [0.717, 1.165) is 32.9 Å². The van der Waals surface area contributed by atoms with Crippen LogP contribution in [0, 0.1) is 0 Å². The summed E-state index contributed by atoms with van der Waals surface area (Å²) in [4.78, 5) is 27.5. The van der Waals surface area contributed by atoms with E-state index in [1.54, 1.807) is 35.8 Å². The van der Waals surface area contributed by atoms with Crippen molar-refractivity contribution in [3.05, 3.63) is 141 Å². The number of nitrogens with one attached hydrogen (secondary N) is 1. The predicted octanol–water partition coefficient (Wildman–Crippen LogP) is 8.27. The number of hydrogen-bond acceptors (Lipinski definition) is 12. The summed E-state index contributed by atoms with van der Waals surface area (Å²) in [5.41, 5.74) is 0.537. The van der Waals surface area contributed by atoms with Crippen LogP contribution in [-0.2, 0) is 28.9 Å². The Hall–Kier alpha value is -3.50. The Balaban J connectivity index is 1.44. The second-order valence-corrected chi connectivity index (χ2v) is 19.1. The molecule has 4 aromatic rings. The zero-order valence-electron chi connectivity index (χ0n) is 35.0. The molecule has 1 N–H and O–H groups in total. The van der Waals surface area contributed by atoms with Crippen LogP contribution in [0.2, 0.25) is 0 Å². The summed E-state index contributed by atoms with van der Waals surface area (Å²) in [5.74, 6) is 2.64. The second kappa shape index (κ2) is 21.0. The summed E-state index contributed by atoms with van der Waals surface area (Å²) in [5, 5.41) is 0. The molecule has 0 bridgehead atoms. The van der Waals surface area contributed by atoms with Crippen LogP contribution in [0.5, 0.6) is 11.5 Å². The predicted molar refractivity (Wildman–Crippen MR) is 237 cm³/mol. The third-order valence-corrected chi connectivity index (χ3v) is 14.8. The maximum absolute atomic E-state index is 17.4. The van der Waals surface area contributed by atoms with Gasteiger partial charge in [0.15, 0.2) is 12.4 Å². The largest absolute Gasteiger partial charge is 0.497 e. The maximum atomic E-state index is 17.4. The lowest BCUT2D eigenvalue weighted by Crippen LogP contribution is -2.43. The van der Waals surface area contributed by atoms with Crippen LogP contribution < -0.4 is 20.7 Å². The summed E-state index contributed by atoms with van der Waals surface area (Å²) < 4.78 is 65.5. The highest BCUT2D eigenvalue weighted by Crippen LogP contribution is 2.53. The number of halogens is 1. The van der Waals surface area contributed by atoms with Gasteiger partial charge in [0.25, 0.3) is 14.1 Å². The molecule has 0 amide bonds. The zero-order chi connectivity index (χ0) is 43.0. The molecule has 16 heteroatoms. The van der Waals surface area contributed by atoms with Crippen molar-refractivity contribution in [3.63, 3.8) is 0 Å². The molecule has 3 unspecified atom stereocenters. The van der Waals surface area contributed by atoms with E-state index in [0.29, 0.717) is 29.6 Å². The van der Waals surface area contributed by atoms with Crippen LogP contribution in [0.1, 0.15) is 57.5 Å². The molecule has 2 fully saturated rings. The van der Waals surface area contributed by atoms with Crippen LogP contribution in [0.15, 0.2) is 113 Å². The molecule has 2 saturated heterocycles. The number of methoxy groups -OCH3 is 2. The Bertz CT molecular complexity index is 2050. The zero-order valence-corrected chi connectivity index (χ0v) is 37.6. The smallest absolute Gasteiger partial charge is 0.330 e. The lowest BCUT2D eigenvalue weighted by atomic mass is 9.80. The summed E-state index contributed by atoms with van der Waals surface area (Å²) in [6.45, 7) is 14.3. The lowest BCUT2D eigenvalue weighted by Gasteiger charge is -2.41. The van der Waals surface area contributed by atoms with Gasteiger partial charge in [0.05, 0.1) is 33.5 Å². The highest BCUT2D eigenvalue weighted by Gasteiger charge is 2.52. The van der Waals surface area contributed by atoms with E-state index in [2.05, 4.69) is 16.2 Å². The molecule has 0 radical (unpaired) electrons. The van der Waals surface area contributed by atoms with Crippen LogP contribution in [0.25, 0.3) is 0 Å². The van der Waals surface area contributed by atoms with Crippen molar-refractivity contribution in [2.75, 3.05) is 38.9 Å². The standard InChI is InChI=1S/C44H55FN3O9PS2/c1-28(2)24-53-37-26-59-60-27-38(37)56-58(48(29(3)4)30(5)6)57-41-36(55-42(40(41)45)47-23-22-39(49)46-43(47)50)25-54-44(31-12-10-9-11-13-31,32-14-18-34(51-7)19-15-32)33-16-20-35(52-8)21-17-33/h9-23,29-30,36-38,40-42H,1,24-27H2,2-8H3,(H,46,49,50)/t36?,37-,38+,40-,41-,42?,58?/m1/s1. The van der Waals surface area contributed by atoms with Gasteiger partial charge in [-0.05, 0) is 75.6 Å². The molecule has 1 aromatic heterocycles. The van der Waals surface area contributed by atoms with E-state index >= 15 is 4.39 Å². The molecule has 0 aliphatic carbocycles. The van der Waals surface area contributed by atoms with Crippen LogP contribution in [0.4, 0.5) is 4.39 Å². The number of H-pyrrole nitrogens is 1. The number of aromatic amines is 1. The van der Waals surface area contributed by atoms with Crippen molar-refractivity contribution in [2.24, 2.45) is 0 Å². The van der Waals surface area contributed by atoms with Gasteiger partial charge in [0.1, 0.15) is 35.4 Å². The summed E-state index contributed by atoms with van der Waals surface area (Å²) in [7, 11) is 4.65. The SMILES string of the molecule is C=C(C)CO[C@@H]1CSSC[C@@H]1OP(O[C@@H]1C(COC(c2ccccc2)(c2ccc(OC)cc2)c2ccc(OC)cc2)OC(n2ccc(=O)[nH]c2=O)[C@@H]1F)N(C(C)C)C(C)C.